The number of hydrogen-bond acceptors (Lipinski definition) is 1. The number of aromatic nitrogens is 1. The number of para-hydroxylation sites is 1. The van der Waals surface area contributed by atoms with Gasteiger partial charge in [-0.05, 0) is 30.2 Å². The third-order valence-corrected chi connectivity index (χ3v) is 3.24. The molecule has 0 saturated heterocycles. The third-order valence-electron chi connectivity index (χ3n) is 3.24. The molecule has 2 heterocycles. The molecule has 0 atom stereocenters. The summed E-state index contributed by atoms with van der Waals surface area (Å²) in [6, 6.07) is 8.55. The quantitative estimate of drug-likeness (QED) is 0.749. The molecule has 3 rings (SSSR count). The summed E-state index contributed by atoms with van der Waals surface area (Å²) in [6.07, 6.45) is 2.23. The van der Waals surface area contributed by atoms with Gasteiger partial charge in [0, 0.05) is 29.7 Å². The van der Waals surface area contributed by atoms with E-state index in [0.717, 1.165) is 6.54 Å². The minimum absolute atomic E-state index is 0.662. The lowest BCUT2D eigenvalue weighted by atomic mass is 10.1. The zero-order valence-electron chi connectivity index (χ0n) is 8.83. The average molecular weight is 198 g/mol. The van der Waals surface area contributed by atoms with Crippen LogP contribution in [0.15, 0.2) is 29.8 Å². The summed E-state index contributed by atoms with van der Waals surface area (Å²) < 4.78 is 2.35. The van der Waals surface area contributed by atoms with E-state index in [1.165, 1.54) is 27.7 Å². The maximum atomic E-state index is 5.68. The average Bonchev–Trinajstić information content (AvgIpc) is 2.80. The Bertz CT molecular complexity index is 561. The fourth-order valence-electron chi connectivity index (χ4n) is 2.42. The van der Waals surface area contributed by atoms with Crippen molar-refractivity contribution in [2.75, 3.05) is 6.54 Å². The predicted octanol–water partition coefficient (Wildman–Crippen LogP) is 2.31. The van der Waals surface area contributed by atoms with Crippen LogP contribution < -0.4 is 5.73 Å². The van der Waals surface area contributed by atoms with E-state index in [9.17, 15) is 0 Å². The zero-order chi connectivity index (χ0) is 10.4. The van der Waals surface area contributed by atoms with Gasteiger partial charge in [-0.25, -0.2) is 0 Å². The van der Waals surface area contributed by atoms with Crippen molar-refractivity contribution in [2.45, 2.75) is 13.5 Å². The first-order valence-electron chi connectivity index (χ1n) is 5.28. The maximum absolute atomic E-state index is 5.68. The van der Waals surface area contributed by atoms with Gasteiger partial charge in [-0.1, -0.05) is 18.2 Å². The molecule has 0 aliphatic carbocycles. The van der Waals surface area contributed by atoms with Crippen LogP contribution in [0.25, 0.3) is 17.0 Å². The van der Waals surface area contributed by atoms with Crippen molar-refractivity contribution in [2.24, 2.45) is 5.73 Å². The lowest BCUT2D eigenvalue weighted by molar-refractivity contribution is 0.826. The smallest absolute Gasteiger partial charge is 0.0490 e. The second-order valence-electron chi connectivity index (χ2n) is 4.12. The summed E-state index contributed by atoms with van der Waals surface area (Å²) in [6.45, 7) is 3.81. The molecule has 0 saturated carbocycles. The number of rotatable bonds is 1. The molecule has 0 radical (unpaired) electrons. The highest BCUT2D eigenvalue weighted by molar-refractivity contribution is 5.89. The van der Waals surface area contributed by atoms with Crippen molar-refractivity contribution in [1.29, 1.82) is 0 Å². The van der Waals surface area contributed by atoms with E-state index in [4.69, 9.17) is 5.73 Å². The Hall–Kier alpha value is -1.54. The highest BCUT2D eigenvalue weighted by Crippen LogP contribution is 2.31. The minimum atomic E-state index is 0.662. The van der Waals surface area contributed by atoms with Gasteiger partial charge in [-0.3, -0.25) is 0 Å². The topological polar surface area (TPSA) is 30.9 Å². The summed E-state index contributed by atoms with van der Waals surface area (Å²) in [5.41, 5.74) is 11.0. The van der Waals surface area contributed by atoms with E-state index in [1.54, 1.807) is 0 Å². The number of nitrogens with zero attached hydrogens (tertiary/aromatic N) is 1. The molecular weight excluding hydrogens is 184 g/mol. The molecule has 2 N–H and O–H groups in total. The van der Waals surface area contributed by atoms with E-state index in [1.807, 2.05) is 0 Å². The molecular formula is C13H14N2. The van der Waals surface area contributed by atoms with E-state index >= 15 is 0 Å². The van der Waals surface area contributed by atoms with E-state index in [0.29, 0.717) is 6.54 Å². The number of nitrogens with two attached hydrogens (primary N) is 1. The highest BCUT2D eigenvalue weighted by Gasteiger charge is 2.17. The van der Waals surface area contributed by atoms with E-state index < -0.39 is 0 Å². The van der Waals surface area contributed by atoms with Crippen LogP contribution in [-0.2, 0) is 6.54 Å². The number of hydrogen-bond donors (Lipinski definition) is 1. The Labute approximate surface area is 89.0 Å². The highest BCUT2D eigenvalue weighted by atomic mass is 15.0. The standard InChI is InChI=1S/C13H14N2/c1-9-11-4-2-3-5-12(11)15-8-10(7-14)6-13(9)15/h2-6H,7-8,14H2,1H3. The van der Waals surface area contributed by atoms with Crippen molar-refractivity contribution >= 4 is 17.0 Å². The molecule has 1 aromatic heterocycles. The first-order chi connectivity index (χ1) is 7.31. The molecule has 0 bridgehead atoms. The molecule has 15 heavy (non-hydrogen) atoms. The third kappa shape index (κ3) is 1.08. The van der Waals surface area contributed by atoms with Crippen molar-refractivity contribution in [3.8, 4) is 0 Å². The maximum Gasteiger partial charge on any atom is 0.0490 e. The number of fused-ring (bicyclic) bond motifs is 3. The Morgan fingerprint density at radius 1 is 1.33 bits per heavy atom. The molecule has 2 nitrogen and oxygen atoms in total. The summed E-state index contributed by atoms with van der Waals surface area (Å²) in [4.78, 5) is 0. The van der Waals surface area contributed by atoms with E-state index in [2.05, 4.69) is 41.8 Å². The first kappa shape index (κ1) is 8.74. The van der Waals surface area contributed by atoms with Crippen molar-refractivity contribution < 1.29 is 0 Å². The van der Waals surface area contributed by atoms with Crippen molar-refractivity contribution in [1.82, 2.24) is 4.57 Å². The summed E-state index contributed by atoms with van der Waals surface area (Å²) >= 11 is 0. The van der Waals surface area contributed by atoms with Gasteiger partial charge in [0.1, 0.15) is 0 Å². The number of benzene rings is 1. The molecule has 0 amide bonds. The van der Waals surface area contributed by atoms with Crippen LogP contribution in [0.5, 0.6) is 0 Å². The molecule has 1 aliphatic rings. The largest absolute Gasteiger partial charge is 0.337 e. The molecule has 1 aliphatic heterocycles. The van der Waals surface area contributed by atoms with Gasteiger partial charge < -0.3 is 10.3 Å². The van der Waals surface area contributed by atoms with Gasteiger partial charge in [-0.15, -0.1) is 0 Å². The van der Waals surface area contributed by atoms with Crippen molar-refractivity contribution in [3.05, 3.63) is 41.1 Å². The molecule has 2 heteroatoms. The van der Waals surface area contributed by atoms with Crippen LogP contribution in [0, 0.1) is 6.92 Å². The molecule has 1 aromatic carbocycles. The molecule has 0 spiro atoms. The summed E-state index contributed by atoms with van der Waals surface area (Å²) in [5, 5.41) is 1.36. The molecule has 76 valence electrons. The predicted molar refractivity (Wildman–Crippen MR) is 63.7 cm³/mol. The Kier molecular flexibility index (Phi) is 1.73. The van der Waals surface area contributed by atoms with E-state index in [-0.39, 0.29) is 0 Å². The van der Waals surface area contributed by atoms with Crippen LogP contribution in [0.1, 0.15) is 11.3 Å². The van der Waals surface area contributed by atoms with Crippen LogP contribution in [0.2, 0.25) is 0 Å². The second kappa shape index (κ2) is 2.97. The van der Waals surface area contributed by atoms with Gasteiger partial charge in [0.15, 0.2) is 0 Å². The fourth-order valence-corrected chi connectivity index (χ4v) is 2.42. The van der Waals surface area contributed by atoms with Gasteiger partial charge in [0.25, 0.3) is 0 Å². The van der Waals surface area contributed by atoms with Crippen LogP contribution >= 0.6 is 0 Å². The summed E-state index contributed by atoms with van der Waals surface area (Å²) in [5.74, 6) is 0. The van der Waals surface area contributed by atoms with Crippen molar-refractivity contribution in [3.63, 3.8) is 0 Å². The molecule has 0 fully saturated rings. The van der Waals surface area contributed by atoms with Crippen LogP contribution in [0.3, 0.4) is 0 Å². The first-order valence-corrected chi connectivity index (χ1v) is 5.28. The fraction of sp³-hybridized carbons (Fsp3) is 0.231. The zero-order valence-corrected chi connectivity index (χ0v) is 8.83. The Morgan fingerprint density at radius 2 is 2.13 bits per heavy atom. The lowest BCUT2D eigenvalue weighted by Gasteiger charge is -2.01. The van der Waals surface area contributed by atoms with Gasteiger partial charge in [0.2, 0.25) is 0 Å². The van der Waals surface area contributed by atoms with Gasteiger partial charge in [0.05, 0.1) is 0 Å². The van der Waals surface area contributed by atoms with Gasteiger partial charge >= 0.3 is 0 Å². The monoisotopic (exact) mass is 198 g/mol. The normalized spacial score (nSPS) is 14.4. The SMILES string of the molecule is Cc1c2n(c3ccccc13)CC(CN)=C2. The summed E-state index contributed by atoms with van der Waals surface area (Å²) in [7, 11) is 0. The van der Waals surface area contributed by atoms with Crippen LogP contribution in [-0.4, -0.2) is 11.1 Å². The molecule has 2 aromatic rings. The second-order valence-corrected chi connectivity index (χ2v) is 4.12. The van der Waals surface area contributed by atoms with Crippen LogP contribution in [0.4, 0.5) is 0 Å². The lowest BCUT2D eigenvalue weighted by Crippen LogP contribution is -2.05. The Morgan fingerprint density at radius 3 is 2.93 bits per heavy atom. The molecule has 0 unspecified atom stereocenters. The number of aryl methyl sites for hydroxylation is 1. The van der Waals surface area contributed by atoms with Gasteiger partial charge in [-0.2, -0.15) is 0 Å². The minimum Gasteiger partial charge on any atom is -0.337 e. The Balaban J connectivity index is 2.33.